The van der Waals surface area contributed by atoms with E-state index < -0.39 is 18.0 Å². The van der Waals surface area contributed by atoms with Crippen molar-refractivity contribution in [3.05, 3.63) is 58.0 Å². The van der Waals surface area contributed by atoms with Gasteiger partial charge in [0.1, 0.15) is 6.04 Å². The number of carbonyl (C=O) groups excluding carboxylic acids is 3. The number of aromatic nitrogens is 1. The molecule has 2 bridgehead atoms. The molecule has 184 valence electrons. The highest BCUT2D eigenvalue weighted by atomic mass is 16.5. The van der Waals surface area contributed by atoms with Gasteiger partial charge in [-0.15, -0.1) is 0 Å². The Bertz CT molecular complexity index is 1240. The van der Waals surface area contributed by atoms with Crippen LogP contribution in [0.25, 0.3) is 0 Å². The first-order valence-electron chi connectivity index (χ1n) is 11.7. The molecule has 1 aromatic carbocycles. The first kappa shape index (κ1) is 22.9. The molecule has 2 fully saturated rings. The van der Waals surface area contributed by atoms with Crippen LogP contribution in [0.4, 0.5) is 4.79 Å². The summed E-state index contributed by atoms with van der Waals surface area (Å²) < 4.78 is 12.3. The van der Waals surface area contributed by atoms with Crippen molar-refractivity contribution in [1.29, 1.82) is 0 Å². The highest BCUT2D eigenvalue weighted by molar-refractivity contribution is 6.05. The number of methoxy groups -OCH3 is 2. The SMILES string of the molecule is COc1ccc(CN2C(=O)N[C@@H](CC(=O)N3CC4CC(C3)c3cccc(=O)n3C4)C2=O)cc1OC. The number of amides is 4. The van der Waals surface area contributed by atoms with Crippen LogP contribution in [-0.2, 0) is 22.7 Å². The Kier molecular flexibility index (Phi) is 5.96. The highest BCUT2D eigenvalue weighted by Crippen LogP contribution is 2.35. The van der Waals surface area contributed by atoms with E-state index in [0.717, 1.165) is 17.0 Å². The smallest absolute Gasteiger partial charge is 0.325 e. The molecule has 35 heavy (non-hydrogen) atoms. The number of rotatable bonds is 6. The molecule has 0 radical (unpaired) electrons. The molecule has 0 aliphatic carbocycles. The number of benzene rings is 1. The van der Waals surface area contributed by atoms with E-state index in [1.54, 1.807) is 35.2 Å². The molecule has 3 atom stereocenters. The molecule has 0 spiro atoms. The number of pyridine rings is 1. The number of fused-ring (bicyclic) bond motifs is 4. The molecule has 10 heteroatoms. The number of piperidine rings is 1. The molecule has 4 heterocycles. The van der Waals surface area contributed by atoms with Gasteiger partial charge in [0, 0.05) is 37.3 Å². The van der Waals surface area contributed by atoms with E-state index >= 15 is 0 Å². The number of urea groups is 1. The molecule has 2 saturated heterocycles. The Hall–Kier alpha value is -3.82. The zero-order valence-corrected chi connectivity index (χ0v) is 19.7. The summed E-state index contributed by atoms with van der Waals surface area (Å²) in [6.45, 7) is 1.70. The van der Waals surface area contributed by atoms with Gasteiger partial charge in [-0.3, -0.25) is 19.3 Å². The fraction of sp³-hybridized carbons (Fsp3) is 0.440. The Balaban J connectivity index is 1.24. The fourth-order valence-corrected chi connectivity index (χ4v) is 5.43. The average Bonchev–Trinajstić information content (AvgIpc) is 3.11. The maximum Gasteiger partial charge on any atom is 0.325 e. The number of carbonyl (C=O) groups is 3. The molecule has 1 N–H and O–H groups in total. The number of nitrogens with zero attached hydrogens (tertiary/aromatic N) is 3. The van der Waals surface area contributed by atoms with E-state index in [2.05, 4.69) is 5.32 Å². The molecule has 3 aliphatic rings. The first-order valence-corrected chi connectivity index (χ1v) is 11.7. The van der Waals surface area contributed by atoms with Crippen molar-refractivity contribution in [2.75, 3.05) is 27.3 Å². The summed E-state index contributed by atoms with van der Waals surface area (Å²) in [7, 11) is 3.05. The summed E-state index contributed by atoms with van der Waals surface area (Å²) in [5.74, 6) is 0.751. The zero-order chi connectivity index (χ0) is 24.7. The summed E-state index contributed by atoms with van der Waals surface area (Å²) in [4.78, 5) is 53.8. The van der Waals surface area contributed by atoms with Crippen molar-refractivity contribution in [3.8, 4) is 11.5 Å². The third kappa shape index (κ3) is 4.24. The second-order valence-corrected chi connectivity index (χ2v) is 9.32. The highest BCUT2D eigenvalue weighted by Gasteiger charge is 2.42. The zero-order valence-electron chi connectivity index (χ0n) is 19.7. The summed E-state index contributed by atoms with van der Waals surface area (Å²) in [5, 5.41) is 2.66. The van der Waals surface area contributed by atoms with Gasteiger partial charge in [-0.05, 0) is 36.1 Å². The lowest BCUT2D eigenvalue weighted by molar-refractivity contribution is -0.137. The fourth-order valence-electron chi connectivity index (χ4n) is 5.43. The third-order valence-electron chi connectivity index (χ3n) is 7.11. The third-order valence-corrected chi connectivity index (χ3v) is 7.11. The van der Waals surface area contributed by atoms with Crippen molar-refractivity contribution in [3.63, 3.8) is 0 Å². The number of imide groups is 1. The van der Waals surface area contributed by atoms with Crippen LogP contribution in [0, 0.1) is 5.92 Å². The van der Waals surface area contributed by atoms with E-state index in [1.807, 2.05) is 10.6 Å². The Labute approximate surface area is 202 Å². The topological polar surface area (TPSA) is 110 Å². The minimum atomic E-state index is -0.896. The maximum atomic E-state index is 13.1. The van der Waals surface area contributed by atoms with E-state index in [4.69, 9.17) is 9.47 Å². The molecule has 2 unspecified atom stereocenters. The first-order chi connectivity index (χ1) is 16.9. The molecule has 0 saturated carbocycles. The Morgan fingerprint density at radius 3 is 2.60 bits per heavy atom. The molecule has 5 rings (SSSR count). The lowest BCUT2D eigenvalue weighted by Crippen LogP contribution is -2.50. The van der Waals surface area contributed by atoms with Gasteiger partial charge in [-0.1, -0.05) is 12.1 Å². The minimum Gasteiger partial charge on any atom is -0.493 e. The van der Waals surface area contributed by atoms with Gasteiger partial charge in [0.05, 0.1) is 27.2 Å². The lowest BCUT2D eigenvalue weighted by atomic mass is 9.83. The van der Waals surface area contributed by atoms with Crippen molar-refractivity contribution >= 4 is 17.8 Å². The Morgan fingerprint density at radius 1 is 1.03 bits per heavy atom. The van der Waals surface area contributed by atoms with Crippen LogP contribution in [0.3, 0.4) is 0 Å². The van der Waals surface area contributed by atoms with Crippen LogP contribution >= 0.6 is 0 Å². The monoisotopic (exact) mass is 480 g/mol. The van der Waals surface area contributed by atoms with Crippen LogP contribution in [0.1, 0.15) is 30.0 Å². The van der Waals surface area contributed by atoms with Crippen LogP contribution in [0.15, 0.2) is 41.2 Å². The van der Waals surface area contributed by atoms with Gasteiger partial charge in [0.2, 0.25) is 5.91 Å². The minimum absolute atomic E-state index is 0.00851. The molecular weight excluding hydrogens is 452 g/mol. The molecule has 10 nitrogen and oxygen atoms in total. The van der Waals surface area contributed by atoms with E-state index in [1.165, 1.54) is 14.2 Å². The molecule has 1 aromatic heterocycles. The van der Waals surface area contributed by atoms with Gasteiger partial charge >= 0.3 is 6.03 Å². The Morgan fingerprint density at radius 2 is 1.83 bits per heavy atom. The average molecular weight is 481 g/mol. The normalized spacial score (nSPS) is 23.1. The number of ether oxygens (including phenoxy) is 2. The lowest BCUT2D eigenvalue weighted by Gasteiger charge is -2.43. The van der Waals surface area contributed by atoms with Crippen LogP contribution in [0.5, 0.6) is 11.5 Å². The largest absolute Gasteiger partial charge is 0.493 e. The second kappa shape index (κ2) is 9.09. The van der Waals surface area contributed by atoms with Gasteiger partial charge in [-0.2, -0.15) is 0 Å². The number of hydrogen-bond acceptors (Lipinski definition) is 6. The van der Waals surface area contributed by atoms with Gasteiger partial charge < -0.3 is 24.3 Å². The number of nitrogens with one attached hydrogen (secondary N) is 1. The van der Waals surface area contributed by atoms with Gasteiger partial charge in [0.15, 0.2) is 11.5 Å². The summed E-state index contributed by atoms with van der Waals surface area (Å²) in [6.07, 6.45) is 0.847. The number of likely N-dealkylation sites (tertiary alicyclic amines) is 1. The summed E-state index contributed by atoms with van der Waals surface area (Å²) in [5.41, 5.74) is 1.65. The standard InChI is InChI=1S/C25H28N4O6/c1-34-20-7-6-15(9-21(20)35-2)12-29-24(32)18(26-25(29)33)10-23(31)27-11-16-8-17(14-27)19-4-3-5-22(30)28(19)13-16/h3-7,9,16-18H,8,10-14H2,1-2H3,(H,26,33)/t16?,17?,18-/m0/s1. The van der Waals surface area contributed by atoms with Crippen molar-refractivity contribution in [2.45, 2.75) is 37.9 Å². The summed E-state index contributed by atoms with van der Waals surface area (Å²) in [6, 6.07) is 9.04. The van der Waals surface area contributed by atoms with Gasteiger partial charge in [0.25, 0.3) is 11.5 Å². The van der Waals surface area contributed by atoms with E-state index in [-0.39, 0.29) is 36.3 Å². The van der Waals surface area contributed by atoms with Gasteiger partial charge in [-0.25, -0.2) is 4.79 Å². The molecule has 3 aliphatic heterocycles. The van der Waals surface area contributed by atoms with E-state index in [9.17, 15) is 19.2 Å². The van der Waals surface area contributed by atoms with Crippen LogP contribution < -0.4 is 20.3 Å². The molecular formula is C25H28N4O6. The van der Waals surface area contributed by atoms with Crippen LogP contribution in [-0.4, -0.2) is 65.6 Å². The van der Waals surface area contributed by atoms with Crippen LogP contribution in [0.2, 0.25) is 0 Å². The predicted molar refractivity (Wildman–Crippen MR) is 125 cm³/mol. The predicted octanol–water partition coefficient (Wildman–Crippen LogP) is 1.32. The maximum absolute atomic E-state index is 13.1. The molecule has 2 aromatic rings. The van der Waals surface area contributed by atoms with Crippen molar-refractivity contribution in [2.24, 2.45) is 5.92 Å². The van der Waals surface area contributed by atoms with Crippen molar-refractivity contribution < 1.29 is 23.9 Å². The van der Waals surface area contributed by atoms with E-state index in [0.29, 0.717) is 36.7 Å². The number of hydrogen-bond donors (Lipinski definition) is 1. The summed E-state index contributed by atoms with van der Waals surface area (Å²) >= 11 is 0. The molecule has 4 amide bonds. The second-order valence-electron chi connectivity index (χ2n) is 9.32. The van der Waals surface area contributed by atoms with Crippen molar-refractivity contribution in [1.82, 2.24) is 19.7 Å². The quantitative estimate of drug-likeness (QED) is 0.625.